The molecule has 168 valence electrons. The third-order valence-electron chi connectivity index (χ3n) is 5.73. The Morgan fingerprint density at radius 1 is 1.03 bits per heavy atom. The van der Waals surface area contributed by atoms with Crippen molar-refractivity contribution in [1.29, 1.82) is 0 Å². The van der Waals surface area contributed by atoms with Crippen LogP contribution < -0.4 is 5.56 Å². The summed E-state index contributed by atoms with van der Waals surface area (Å²) in [4.78, 5) is 41.7. The van der Waals surface area contributed by atoms with Gasteiger partial charge in [-0.3, -0.25) is 14.4 Å². The number of methoxy groups -OCH3 is 1. The van der Waals surface area contributed by atoms with Gasteiger partial charge in [-0.1, -0.05) is 18.2 Å². The van der Waals surface area contributed by atoms with Gasteiger partial charge in [0.25, 0.3) is 11.5 Å². The fourth-order valence-corrected chi connectivity index (χ4v) is 3.98. The topological polar surface area (TPSA) is 89.7 Å². The van der Waals surface area contributed by atoms with Crippen LogP contribution in [0.2, 0.25) is 0 Å². The van der Waals surface area contributed by atoms with Crippen molar-refractivity contribution in [2.45, 2.75) is 19.9 Å². The lowest BCUT2D eigenvalue weighted by atomic mass is 10.1. The van der Waals surface area contributed by atoms with Crippen LogP contribution in [-0.4, -0.2) is 75.9 Å². The van der Waals surface area contributed by atoms with E-state index in [4.69, 9.17) is 4.74 Å². The van der Waals surface area contributed by atoms with Gasteiger partial charge in [0.2, 0.25) is 5.91 Å². The third-order valence-corrected chi connectivity index (χ3v) is 5.73. The number of carbonyl (C=O) groups excluding carboxylic acids is 2. The number of hydrogen-bond acceptors (Lipinski definition) is 5. The highest BCUT2D eigenvalue weighted by Crippen LogP contribution is 2.24. The summed E-state index contributed by atoms with van der Waals surface area (Å²) >= 11 is 0. The number of amides is 2. The number of aryl methyl sites for hydroxylation is 1. The van der Waals surface area contributed by atoms with Crippen molar-refractivity contribution in [1.82, 2.24) is 24.1 Å². The standard InChI is InChI=1S/C23H27N5O4/c1-17(29)26-10-12-27(13-11-26)22(30)19-15-25(9-6-14-32-2)16-20-21(19)24-28(23(20)31)18-7-4-3-5-8-18/h3-5,7-8,15-16H,6,9-14H2,1-2H3. The molecular formula is C23H27N5O4. The average Bonchev–Trinajstić information content (AvgIpc) is 3.15. The summed E-state index contributed by atoms with van der Waals surface area (Å²) in [6.45, 7) is 4.61. The number of fused-ring (bicyclic) bond motifs is 1. The molecule has 3 aliphatic heterocycles. The molecule has 0 radical (unpaired) electrons. The Balaban J connectivity index is 1.73. The van der Waals surface area contributed by atoms with E-state index in [1.807, 2.05) is 34.9 Å². The number of nitrogens with zero attached hydrogens (tertiary/aromatic N) is 5. The SMILES string of the molecule is COCCCn1cc(C(=O)N2CCN(C(C)=O)CC2)c2nn(-c3ccccc3)c(=O)c-2c1. The third kappa shape index (κ3) is 4.29. The van der Waals surface area contributed by atoms with Crippen molar-refractivity contribution in [3.63, 3.8) is 0 Å². The maximum atomic E-state index is 13.5. The number of para-hydroxylation sites is 1. The summed E-state index contributed by atoms with van der Waals surface area (Å²) in [5.74, 6) is -0.176. The number of aromatic nitrogens is 3. The molecule has 0 N–H and O–H groups in total. The van der Waals surface area contributed by atoms with Gasteiger partial charge in [0, 0.05) is 65.8 Å². The van der Waals surface area contributed by atoms with Gasteiger partial charge in [-0.05, 0) is 18.6 Å². The minimum atomic E-state index is -0.261. The Morgan fingerprint density at radius 2 is 1.72 bits per heavy atom. The molecule has 1 saturated heterocycles. The predicted octanol–water partition coefficient (Wildman–Crippen LogP) is 1.48. The van der Waals surface area contributed by atoms with E-state index < -0.39 is 0 Å². The zero-order valence-corrected chi connectivity index (χ0v) is 18.4. The second kappa shape index (κ2) is 9.35. The van der Waals surface area contributed by atoms with Gasteiger partial charge in [0.05, 0.1) is 16.8 Å². The maximum absolute atomic E-state index is 13.5. The molecule has 0 saturated carbocycles. The molecule has 32 heavy (non-hydrogen) atoms. The van der Waals surface area contributed by atoms with Gasteiger partial charge >= 0.3 is 0 Å². The number of pyridine rings is 1. The van der Waals surface area contributed by atoms with Gasteiger partial charge in [0.1, 0.15) is 5.69 Å². The fraction of sp³-hybridized carbons (Fsp3) is 0.391. The summed E-state index contributed by atoms with van der Waals surface area (Å²) in [6, 6.07) is 9.17. The monoisotopic (exact) mass is 437 g/mol. The van der Waals surface area contributed by atoms with E-state index in [1.54, 1.807) is 29.3 Å². The Hall–Kier alpha value is -3.46. The minimum absolute atomic E-state index is 0.00721. The number of hydrogen-bond donors (Lipinski definition) is 0. The molecule has 1 aromatic rings. The molecule has 2 amide bonds. The molecule has 0 spiro atoms. The minimum Gasteiger partial charge on any atom is -0.385 e. The molecule has 0 aromatic heterocycles. The predicted molar refractivity (Wildman–Crippen MR) is 119 cm³/mol. The van der Waals surface area contributed by atoms with Gasteiger partial charge in [-0.25, -0.2) is 0 Å². The largest absolute Gasteiger partial charge is 0.385 e. The quantitative estimate of drug-likeness (QED) is 0.545. The smallest absolute Gasteiger partial charge is 0.282 e. The van der Waals surface area contributed by atoms with Gasteiger partial charge in [0.15, 0.2) is 0 Å². The first-order chi connectivity index (χ1) is 15.5. The van der Waals surface area contributed by atoms with Crippen molar-refractivity contribution in [2.75, 3.05) is 39.9 Å². The maximum Gasteiger partial charge on any atom is 0.282 e. The van der Waals surface area contributed by atoms with Crippen LogP contribution in [0.5, 0.6) is 0 Å². The van der Waals surface area contributed by atoms with E-state index in [0.717, 1.165) is 6.42 Å². The van der Waals surface area contributed by atoms with Crippen LogP contribution in [0.1, 0.15) is 23.7 Å². The molecule has 4 rings (SSSR count). The average molecular weight is 438 g/mol. The Morgan fingerprint density at radius 3 is 2.38 bits per heavy atom. The molecular weight excluding hydrogens is 410 g/mol. The number of rotatable bonds is 6. The Bertz CT molecular complexity index is 1130. The second-order valence-electron chi connectivity index (χ2n) is 7.87. The lowest BCUT2D eigenvalue weighted by Crippen LogP contribution is -2.50. The summed E-state index contributed by atoms with van der Waals surface area (Å²) in [7, 11) is 1.64. The molecule has 3 heterocycles. The van der Waals surface area contributed by atoms with Crippen LogP contribution in [0.4, 0.5) is 0 Å². The molecule has 9 heteroatoms. The summed E-state index contributed by atoms with van der Waals surface area (Å²) in [5, 5.41) is 4.53. The fourth-order valence-electron chi connectivity index (χ4n) is 3.98. The van der Waals surface area contributed by atoms with E-state index in [2.05, 4.69) is 5.10 Å². The molecule has 1 aromatic carbocycles. The van der Waals surface area contributed by atoms with Crippen molar-refractivity contribution < 1.29 is 14.3 Å². The molecule has 0 bridgehead atoms. The molecule has 1 fully saturated rings. The zero-order valence-electron chi connectivity index (χ0n) is 18.4. The summed E-state index contributed by atoms with van der Waals surface area (Å²) < 4.78 is 8.34. The van der Waals surface area contributed by atoms with Crippen LogP contribution in [0.25, 0.3) is 16.9 Å². The van der Waals surface area contributed by atoms with Crippen LogP contribution >= 0.6 is 0 Å². The van der Waals surface area contributed by atoms with Crippen molar-refractivity contribution in [3.05, 3.63) is 58.6 Å². The van der Waals surface area contributed by atoms with Crippen LogP contribution in [-0.2, 0) is 16.1 Å². The summed E-state index contributed by atoms with van der Waals surface area (Å²) in [6.07, 6.45) is 4.27. The van der Waals surface area contributed by atoms with Gasteiger partial charge < -0.3 is 19.1 Å². The van der Waals surface area contributed by atoms with E-state index in [1.165, 1.54) is 11.6 Å². The highest BCUT2D eigenvalue weighted by Gasteiger charge is 2.29. The first-order valence-corrected chi connectivity index (χ1v) is 10.7. The Kier molecular flexibility index (Phi) is 6.36. The van der Waals surface area contributed by atoms with Gasteiger partial charge in [-0.15, -0.1) is 0 Å². The lowest BCUT2D eigenvalue weighted by molar-refractivity contribution is -0.130. The number of ether oxygens (including phenoxy) is 1. The van der Waals surface area contributed by atoms with Crippen LogP contribution in [0.3, 0.4) is 0 Å². The highest BCUT2D eigenvalue weighted by molar-refractivity contribution is 6.00. The molecule has 0 aliphatic carbocycles. The number of carbonyl (C=O) groups is 2. The van der Waals surface area contributed by atoms with Crippen molar-refractivity contribution in [3.8, 4) is 16.9 Å². The first kappa shape index (κ1) is 21.8. The van der Waals surface area contributed by atoms with E-state index in [0.29, 0.717) is 61.8 Å². The molecule has 9 nitrogen and oxygen atoms in total. The van der Waals surface area contributed by atoms with Crippen LogP contribution in [0.15, 0.2) is 47.5 Å². The van der Waals surface area contributed by atoms with E-state index >= 15 is 0 Å². The molecule has 0 atom stereocenters. The lowest BCUT2D eigenvalue weighted by Gasteiger charge is -2.34. The number of piperazine rings is 1. The Labute approximate surface area is 186 Å². The van der Waals surface area contributed by atoms with Gasteiger partial charge in [-0.2, -0.15) is 9.78 Å². The normalized spacial score (nSPS) is 14.2. The molecule has 0 unspecified atom stereocenters. The second-order valence-corrected chi connectivity index (χ2v) is 7.87. The first-order valence-electron chi connectivity index (χ1n) is 10.7. The summed E-state index contributed by atoms with van der Waals surface area (Å²) in [5.41, 5.74) is 1.57. The zero-order chi connectivity index (χ0) is 22.7. The van der Waals surface area contributed by atoms with Crippen molar-refractivity contribution >= 4 is 11.8 Å². The highest BCUT2D eigenvalue weighted by atomic mass is 16.5. The molecule has 3 aliphatic rings. The van der Waals surface area contributed by atoms with Crippen LogP contribution in [0, 0.1) is 0 Å². The van der Waals surface area contributed by atoms with E-state index in [-0.39, 0.29) is 17.4 Å². The number of benzene rings is 1. The van der Waals surface area contributed by atoms with Crippen molar-refractivity contribution in [2.24, 2.45) is 0 Å². The van der Waals surface area contributed by atoms with E-state index in [9.17, 15) is 14.4 Å².